The molecule has 0 aromatic carbocycles. The topological polar surface area (TPSA) is 75.8 Å². The summed E-state index contributed by atoms with van der Waals surface area (Å²) in [6.07, 6.45) is 2.08. The van der Waals surface area contributed by atoms with Gasteiger partial charge in [0.25, 0.3) is 0 Å². The maximum absolute atomic E-state index is 10.6. The highest BCUT2D eigenvalue weighted by molar-refractivity contribution is 7.19. The Kier molecular flexibility index (Phi) is 4.51. The van der Waals surface area contributed by atoms with Gasteiger partial charge < -0.3 is 14.7 Å². The van der Waals surface area contributed by atoms with Crippen LogP contribution in [-0.4, -0.2) is 42.4 Å². The third kappa shape index (κ3) is 3.18. The summed E-state index contributed by atoms with van der Waals surface area (Å²) in [6.45, 7) is 2.01. The Morgan fingerprint density at radius 2 is 2.44 bits per heavy atom. The van der Waals surface area contributed by atoms with Crippen molar-refractivity contribution in [2.45, 2.75) is 18.9 Å². The quantitative estimate of drug-likeness (QED) is 0.651. The van der Waals surface area contributed by atoms with Gasteiger partial charge in [-0.05, 0) is 30.2 Å². The van der Waals surface area contributed by atoms with E-state index in [0.29, 0.717) is 6.61 Å². The number of nitrogens with zero attached hydrogens (tertiary/aromatic N) is 2. The van der Waals surface area contributed by atoms with Crippen LogP contribution in [0, 0.1) is 10.1 Å². The summed E-state index contributed by atoms with van der Waals surface area (Å²) in [5.74, 6) is 0. The van der Waals surface area contributed by atoms with Crippen LogP contribution in [0.3, 0.4) is 0 Å². The number of aliphatic hydroxyl groups is 1. The molecule has 18 heavy (non-hydrogen) atoms. The Balaban J connectivity index is 1.96. The van der Waals surface area contributed by atoms with E-state index in [4.69, 9.17) is 9.84 Å². The van der Waals surface area contributed by atoms with Crippen molar-refractivity contribution in [3.05, 3.63) is 22.2 Å². The van der Waals surface area contributed by atoms with E-state index in [1.54, 1.807) is 6.07 Å². The van der Waals surface area contributed by atoms with Gasteiger partial charge in [0.2, 0.25) is 0 Å². The van der Waals surface area contributed by atoms with Crippen molar-refractivity contribution in [1.29, 1.82) is 0 Å². The van der Waals surface area contributed by atoms with E-state index < -0.39 is 0 Å². The fourth-order valence-corrected chi connectivity index (χ4v) is 2.94. The minimum Gasteiger partial charge on any atom is -0.394 e. The number of thiophene rings is 1. The molecule has 0 spiro atoms. The number of hydrogen-bond donors (Lipinski definition) is 1. The van der Waals surface area contributed by atoms with Crippen LogP contribution in [-0.2, 0) is 4.74 Å². The summed E-state index contributed by atoms with van der Waals surface area (Å²) in [4.78, 5) is 12.4. The van der Waals surface area contributed by atoms with E-state index in [2.05, 4.69) is 4.90 Å². The molecule has 100 valence electrons. The Morgan fingerprint density at radius 1 is 1.61 bits per heavy atom. The van der Waals surface area contributed by atoms with Crippen molar-refractivity contribution in [1.82, 2.24) is 0 Å². The first-order valence-corrected chi connectivity index (χ1v) is 6.74. The van der Waals surface area contributed by atoms with Crippen molar-refractivity contribution in [3.8, 4) is 0 Å². The lowest BCUT2D eigenvalue weighted by molar-refractivity contribution is -0.380. The number of aliphatic hydroxyl groups excluding tert-OH is 1. The summed E-state index contributed by atoms with van der Waals surface area (Å²) in [7, 11) is 0. The number of anilines is 1. The second-order valence-electron chi connectivity index (χ2n) is 4.17. The Hall–Kier alpha value is -1.18. The molecular weight excluding hydrogens is 256 g/mol. The van der Waals surface area contributed by atoms with E-state index >= 15 is 0 Å². The molecule has 1 aromatic rings. The van der Waals surface area contributed by atoms with Crippen LogP contribution in [0.5, 0.6) is 0 Å². The molecule has 0 unspecified atom stereocenters. The van der Waals surface area contributed by atoms with Gasteiger partial charge in [-0.3, -0.25) is 10.1 Å². The van der Waals surface area contributed by atoms with Crippen LogP contribution in [0.1, 0.15) is 12.8 Å². The number of ether oxygens (including phenoxy) is 1. The van der Waals surface area contributed by atoms with Gasteiger partial charge in [-0.2, -0.15) is 0 Å². The molecule has 1 aliphatic heterocycles. The normalized spacial score (nSPS) is 20.1. The standard InChI is InChI=1S/C11H16N2O4S/c14-6-7-17-9-2-1-5-12(8-9)10-3-4-11(18-10)13(15)16/h3-4,9,14H,1-2,5-8H2/t9-/m0/s1. The first kappa shape index (κ1) is 13.3. The molecular formula is C11H16N2O4S. The van der Waals surface area contributed by atoms with E-state index in [-0.39, 0.29) is 22.6 Å². The summed E-state index contributed by atoms with van der Waals surface area (Å²) in [6, 6.07) is 3.33. The first-order chi connectivity index (χ1) is 8.70. The summed E-state index contributed by atoms with van der Waals surface area (Å²) >= 11 is 1.20. The highest BCUT2D eigenvalue weighted by Crippen LogP contribution is 2.33. The maximum Gasteiger partial charge on any atom is 0.326 e. The van der Waals surface area contributed by atoms with Crippen LogP contribution in [0.15, 0.2) is 12.1 Å². The molecule has 0 amide bonds. The van der Waals surface area contributed by atoms with Gasteiger partial charge >= 0.3 is 5.00 Å². The number of nitro groups is 1. The molecule has 7 heteroatoms. The van der Waals surface area contributed by atoms with Crippen LogP contribution in [0.25, 0.3) is 0 Å². The predicted molar refractivity (Wildman–Crippen MR) is 69.2 cm³/mol. The molecule has 1 aromatic heterocycles. The fourth-order valence-electron chi connectivity index (χ4n) is 2.08. The second-order valence-corrected chi connectivity index (χ2v) is 5.21. The lowest BCUT2D eigenvalue weighted by atomic mass is 10.1. The molecule has 0 saturated carbocycles. The fraction of sp³-hybridized carbons (Fsp3) is 0.636. The van der Waals surface area contributed by atoms with Crippen molar-refractivity contribution in [2.75, 3.05) is 31.2 Å². The highest BCUT2D eigenvalue weighted by atomic mass is 32.1. The molecule has 1 saturated heterocycles. The molecule has 0 radical (unpaired) electrons. The average Bonchev–Trinajstić information content (AvgIpc) is 2.86. The zero-order valence-corrected chi connectivity index (χ0v) is 10.8. The van der Waals surface area contributed by atoms with Crippen LogP contribution in [0.4, 0.5) is 10.0 Å². The van der Waals surface area contributed by atoms with Gasteiger partial charge in [0.15, 0.2) is 0 Å². The SMILES string of the molecule is O=[N+]([O-])c1ccc(N2CCC[C@H](OCCO)C2)s1. The minimum absolute atomic E-state index is 0.0287. The minimum atomic E-state index is -0.363. The Bertz CT molecular complexity index is 410. The highest BCUT2D eigenvalue weighted by Gasteiger charge is 2.23. The lowest BCUT2D eigenvalue weighted by Crippen LogP contribution is -2.39. The van der Waals surface area contributed by atoms with Gasteiger partial charge in [0.05, 0.1) is 29.2 Å². The van der Waals surface area contributed by atoms with Gasteiger partial charge in [0.1, 0.15) is 0 Å². The van der Waals surface area contributed by atoms with Crippen molar-refractivity contribution >= 4 is 21.3 Å². The van der Waals surface area contributed by atoms with Gasteiger partial charge in [-0.25, -0.2) is 0 Å². The molecule has 1 N–H and O–H groups in total. The monoisotopic (exact) mass is 272 g/mol. The third-order valence-electron chi connectivity index (χ3n) is 2.89. The smallest absolute Gasteiger partial charge is 0.326 e. The van der Waals surface area contributed by atoms with Crippen LogP contribution < -0.4 is 4.90 Å². The summed E-state index contributed by atoms with van der Waals surface area (Å²) < 4.78 is 5.52. The van der Waals surface area contributed by atoms with E-state index in [1.807, 2.05) is 0 Å². The second kappa shape index (κ2) is 6.12. The molecule has 1 fully saturated rings. The van der Waals surface area contributed by atoms with Crippen LogP contribution in [0.2, 0.25) is 0 Å². The molecule has 2 heterocycles. The molecule has 2 rings (SSSR count). The van der Waals surface area contributed by atoms with Crippen molar-refractivity contribution in [2.24, 2.45) is 0 Å². The lowest BCUT2D eigenvalue weighted by Gasteiger charge is -2.33. The summed E-state index contributed by atoms with van der Waals surface area (Å²) in [5.41, 5.74) is 0. The molecule has 0 aliphatic carbocycles. The van der Waals surface area contributed by atoms with Gasteiger partial charge in [-0.1, -0.05) is 0 Å². The average molecular weight is 272 g/mol. The van der Waals surface area contributed by atoms with Gasteiger partial charge in [-0.15, -0.1) is 0 Å². The summed E-state index contributed by atoms with van der Waals surface area (Å²) in [5, 5.41) is 20.5. The predicted octanol–water partition coefficient (Wildman–Crippen LogP) is 1.63. The largest absolute Gasteiger partial charge is 0.394 e. The Labute approximate surface area is 109 Å². The molecule has 1 atom stereocenters. The molecule has 6 nitrogen and oxygen atoms in total. The third-order valence-corrected chi connectivity index (χ3v) is 3.99. The zero-order valence-electron chi connectivity index (χ0n) is 9.95. The van der Waals surface area contributed by atoms with E-state index in [9.17, 15) is 10.1 Å². The Morgan fingerprint density at radius 3 is 3.11 bits per heavy atom. The van der Waals surface area contributed by atoms with Gasteiger partial charge in [0, 0.05) is 19.2 Å². The molecule has 0 bridgehead atoms. The molecule has 1 aliphatic rings. The zero-order chi connectivity index (χ0) is 13.0. The van der Waals surface area contributed by atoms with E-state index in [0.717, 1.165) is 30.9 Å². The van der Waals surface area contributed by atoms with Crippen LogP contribution >= 0.6 is 11.3 Å². The van der Waals surface area contributed by atoms with Crippen molar-refractivity contribution < 1.29 is 14.8 Å². The van der Waals surface area contributed by atoms with E-state index in [1.165, 1.54) is 17.4 Å². The van der Waals surface area contributed by atoms with Crippen molar-refractivity contribution in [3.63, 3.8) is 0 Å². The number of rotatable bonds is 5. The number of hydrogen-bond acceptors (Lipinski definition) is 6. The maximum atomic E-state index is 10.6. The number of piperidine rings is 1. The first-order valence-electron chi connectivity index (χ1n) is 5.92.